The van der Waals surface area contributed by atoms with Gasteiger partial charge in [-0.3, -0.25) is 0 Å². The molecule has 4 nitrogen and oxygen atoms in total. The van der Waals surface area contributed by atoms with Gasteiger partial charge in [0.2, 0.25) is 10.0 Å². The number of sulfonamides is 1. The first-order valence-corrected chi connectivity index (χ1v) is 8.68. The summed E-state index contributed by atoms with van der Waals surface area (Å²) in [5.41, 5.74) is 5.73. The molecule has 7 heteroatoms. The van der Waals surface area contributed by atoms with Crippen molar-refractivity contribution in [2.24, 2.45) is 0 Å². The minimum Gasteiger partial charge on any atom is -0.399 e. The Labute approximate surface area is 117 Å². The number of halogens is 1. The van der Waals surface area contributed by atoms with E-state index in [1.165, 1.54) is 12.5 Å². The molecule has 0 saturated carbocycles. The quantitative estimate of drug-likeness (QED) is 0.834. The summed E-state index contributed by atoms with van der Waals surface area (Å²) in [6.07, 6.45) is 3.29. The van der Waals surface area contributed by atoms with Crippen molar-refractivity contribution in [3.63, 3.8) is 0 Å². The molecule has 1 aliphatic heterocycles. The Morgan fingerprint density at radius 3 is 2.89 bits per heavy atom. The summed E-state index contributed by atoms with van der Waals surface area (Å²) < 4.78 is 40.1. The van der Waals surface area contributed by atoms with Gasteiger partial charge in [0, 0.05) is 17.5 Å². The largest absolute Gasteiger partial charge is 0.399 e. The number of benzene rings is 1. The average molecular weight is 304 g/mol. The van der Waals surface area contributed by atoms with E-state index in [-0.39, 0.29) is 15.8 Å². The standard InChI is InChI=1S/C12H17FN2O2S2/c13-11-5-4-9(14)7-12(11)19(16,17)15-8-10-3-1-2-6-18-10/h4-5,7,10,15H,1-3,6,8,14H2. The molecule has 0 aliphatic carbocycles. The molecule has 0 spiro atoms. The van der Waals surface area contributed by atoms with Crippen molar-refractivity contribution >= 4 is 27.5 Å². The second kappa shape index (κ2) is 6.11. The third-order valence-corrected chi connectivity index (χ3v) is 5.86. The Bertz CT molecular complexity index is 543. The van der Waals surface area contributed by atoms with Gasteiger partial charge in [0.15, 0.2) is 0 Å². The molecule has 1 saturated heterocycles. The van der Waals surface area contributed by atoms with Crippen LogP contribution in [0, 0.1) is 5.82 Å². The van der Waals surface area contributed by atoms with Crippen LogP contribution < -0.4 is 10.5 Å². The monoisotopic (exact) mass is 304 g/mol. The number of thioether (sulfide) groups is 1. The molecule has 1 aromatic carbocycles. The Kier molecular flexibility index (Phi) is 4.70. The van der Waals surface area contributed by atoms with E-state index >= 15 is 0 Å². The molecule has 1 unspecified atom stereocenters. The molecule has 1 aliphatic rings. The second-order valence-electron chi connectivity index (χ2n) is 4.53. The highest BCUT2D eigenvalue weighted by atomic mass is 32.2. The first kappa shape index (κ1) is 14.6. The molecule has 0 amide bonds. The highest BCUT2D eigenvalue weighted by Crippen LogP contribution is 2.25. The molecule has 1 aromatic rings. The van der Waals surface area contributed by atoms with Crippen molar-refractivity contribution in [2.75, 3.05) is 18.0 Å². The van der Waals surface area contributed by atoms with E-state index in [9.17, 15) is 12.8 Å². The summed E-state index contributed by atoms with van der Waals surface area (Å²) in [6.45, 7) is 0.335. The topological polar surface area (TPSA) is 72.2 Å². The molecule has 0 aromatic heterocycles. The van der Waals surface area contributed by atoms with Crippen LogP contribution >= 0.6 is 11.8 Å². The van der Waals surface area contributed by atoms with Gasteiger partial charge >= 0.3 is 0 Å². The van der Waals surface area contributed by atoms with E-state index in [4.69, 9.17) is 5.73 Å². The maximum atomic E-state index is 13.6. The molecule has 1 fully saturated rings. The fourth-order valence-corrected chi connectivity index (χ4v) is 4.51. The van der Waals surface area contributed by atoms with Crippen LogP contribution in [0.4, 0.5) is 10.1 Å². The van der Waals surface area contributed by atoms with Gasteiger partial charge < -0.3 is 5.73 Å². The maximum absolute atomic E-state index is 13.6. The molecule has 3 N–H and O–H groups in total. The van der Waals surface area contributed by atoms with Gasteiger partial charge in [0.1, 0.15) is 10.7 Å². The van der Waals surface area contributed by atoms with Gasteiger partial charge in [-0.15, -0.1) is 0 Å². The zero-order chi connectivity index (χ0) is 13.9. The highest BCUT2D eigenvalue weighted by Gasteiger charge is 2.22. The first-order chi connectivity index (χ1) is 8.99. The van der Waals surface area contributed by atoms with Gasteiger partial charge in [0.05, 0.1) is 0 Å². The SMILES string of the molecule is Nc1ccc(F)c(S(=O)(=O)NCC2CCCCS2)c1. The summed E-state index contributed by atoms with van der Waals surface area (Å²) in [4.78, 5) is -0.381. The van der Waals surface area contributed by atoms with E-state index in [1.54, 1.807) is 11.8 Å². The lowest BCUT2D eigenvalue weighted by atomic mass is 10.2. The number of rotatable bonds is 4. The van der Waals surface area contributed by atoms with Gasteiger partial charge in [0.25, 0.3) is 0 Å². The van der Waals surface area contributed by atoms with Crippen LogP contribution in [0.1, 0.15) is 19.3 Å². The van der Waals surface area contributed by atoms with Crippen LogP contribution in [0.25, 0.3) is 0 Å². The Morgan fingerprint density at radius 1 is 1.42 bits per heavy atom. The smallest absolute Gasteiger partial charge is 0.243 e. The van der Waals surface area contributed by atoms with E-state index in [1.807, 2.05) is 0 Å². The lowest BCUT2D eigenvalue weighted by Gasteiger charge is -2.21. The molecule has 106 valence electrons. The second-order valence-corrected chi connectivity index (χ2v) is 7.67. The van der Waals surface area contributed by atoms with E-state index in [2.05, 4.69) is 4.72 Å². The predicted octanol–water partition coefficient (Wildman–Crippen LogP) is 1.97. The summed E-state index contributed by atoms with van der Waals surface area (Å²) in [7, 11) is -3.83. The molecule has 2 rings (SSSR count). The molecular weight excluding hydrogens is 287 g/mol. The van der Waals surface area contributed by atoms with Crippen molar-refractivity contribution in [3.8, 4) is 0 Å². The summed E-state index contributed by atoms with van der Waals surface area (Å²) >= 11 is 1.76. The molecule has 0 bridgehead atoms. The van der Waals surface area contributed by atoms with E-state index in [0.29, 0.717) is 6.54 Å². The number of nitrogens with one attached hydrogen (secondary N) is 1. The lowest BCUT2D eigenvalue weighted by Crippen LogP contribution is -2.32. The summed E-state index contributed by atoms with van der Waals surface area (Å²) in [5, 5.41) is 0.271. The van der Waals surface area contributed by atoms with Crippen LogP contribution in [-0.4, -0.2) is 26.0 Å². The minimum absolute atomic E-state index is 0.230. The zero-order valence-electron chi connectivity index (χ0n) is 10.4. The van der Waals surface area contributed by atoms with Crippen molar-refractivity contribution in [3.05, 3.63) is 24.0 Å². The minimum atomic E-state index is -3.83. The Hall–Kier alpha value is -0.790. The number of hydrogen-bond acceptors (Lipinski definition) is 4. The number of hydrogen-bond donors (Lipinski definition) is 2. The summed E-state index contributed by atoms with van der Waals surface area (Å²) in [5.74, 6) is 0.275. The Balaban J connectivity index is 2.07. The van der Waals surface area contributed by atoms with Gasteiger partial charge in [-0.2, -0.15) is 11.8 Å². The highest BCUT2D eigenvalue weighted by molar-refractivity contribution is 8.00. The van der Waals surface area contributed by atoms with Gasteiger partial charge in [-0.25, -0.2) is 17.5 Å². The van der Waals surface area contributed by atoms with Crippen LogP contribution in [0.15, 0.2) is 23.1 Å². The van der Waals surface area contributed by atoms with E-state index < -0.39 is 15.8 Å². The van der Waals surface area contributed by atoms with Crippen molar-refractivity contribution in [1.29, 1.82) is 0 Å². The van der Waals surface area contributed by atoms with Crippen molar-refractivity contribution in [2.45, 2.75) is 29.4 Å². The fourth-order valence-electron chi connectivity index (χ4n) is 1.97. The number of anilines is 1. The lowest BCUT2D eigenvalue weighted by molar-refractivity contribution is 0.553. The average Bonchev–Trinajstić information content (AvgIpc) is 2.40. The van der Waals surface area contributed by atoms with Crippen LogP contribution in [0.2, 0.25) is 0 Å². The number of nitrogen functional groups attached to an aromatic ring is 1. The van der Waals surface area contributed by atoms with Crippen molar-refractivity contribution < 1.29 is 12.8 Å². The fraction of sp³-hybridized carbons (Fsp3) is 0.500. The molecule has 1 heterocycles. The zero-order valence-corrected chi connectivity index (χ0v) is 12.1. The number of nitrogens with two attached hydrogens (primary N) is 1. The maximum Gasteiger partial charge on any atom is 0.243 e. The first-order valence-electron chi connectivity index (χ1n) is 6.15. The third-order valence-electron chi connectivity index (χ3n) is 3.02. The van der Waals surface area contributed by atoms with Crippen molar-refractivity contribution in [1.82, 2.24) is 4.72 Å². The molecule has 19 heavy (non-hydrogen) atoms. The van der Waals surface area contributed by atoms with E-state index in [0.717, 1.165) is 30.7 Å². The van der Waals surface area contributed by atoms with Crippen LogP contribution in [-0.2, 0) is 10.0 Å². The van der Waals surface area contributed by atoms with Crippen LogP contribution in [0.5, 0.6) is 0 Å². The van der Waals surface area contributed by atoms with Gasteiger partial charge in [-0.05, 0) is 36.8 Å². The summed E-state index contributed by atoms with van der Waals surface area (Å²) in [6, 6.07) is 3.55. The molecule has 0 radical (unpaired) electrons. The third kappa shape index (κ3) is 3.84. The Morgan fingerprint density at radius 2 is 2.21 bits per heavy atom. The molecular formula is C12H17FN2O2S2. The predicted molar refractivity (Wildman–Crippen MR) is 76.1 cm³/mol. The van der Waals surface area contributed by atoms with Crippen LogP contribution in [0.3, 0.4) is 0 Å². The van der Waals surface area contributed by atoms with Gasteiger partial charge in [-0.1, -0.05) is 6.42 Å². The molecule has 1 atom stereocenters. The normalized spacial score (nSPS) is 20.4.